The average molecular weight is 476 g/mol. The highest BCUT2D eigenvalue weighted by Crippen LogP contribution is 2.46. The molecule has 0 bridgehead atoms. The first kappa shape index (κ1) is 22.4. The molecule has 1 aliphatic carbocycles. The fraction of sp³-hybridized carbons (Fsp3) is 0.381. The average Bonchev–Trinajstić information content (AvgIpc) is 3.10. The largest absolute Gasteiger partial charge is 0.494 e. The Morgan fingerprint density at radius 1 is 1.25 bits per heavy atom. The molecule has 2 fully saturated rings. The highest BCUT2D eigenvalue weighted by Gasteiger charge is 2.43. The van der Waals surface area contributed by atoms with Crippen LogP contribution in [0.25, 0.3) is 11.1 Å². The van der Waals surface area contributed by atoms with Gasteiger partial charge in [0.1, 0.15) is 10.9 Å². The Labute approximate surface area is 193 Å². The number of ether oxygens (including phenoxy) is 2. The van der Waals surface area contributed by atoms with Gasteiger partial charge in [0.05, 0.1) is 32.1 Å². The fourth-order valence-electron chi connectivity index (χ4n) is 3.56. The summed E-state index contributed by atoms with van der Waals surface area (Å²) >= 11 is 6.79. The van der Waals surface area contributed by atoms with Gasteiger partial charge in [-0.3, -0.25) is 19.9 Å². The van der Waals surface area contributed by atoms with Crippen molar-refractivity contribution >= 4 is 34.0 Å². The maximum atomic E-state index is 12.6. The van der Waals surface area contributed by atoms with Gasteiger partial charge < -0.3 is 9.47 Å². The minimum Gasteiger partial charge on any atom is -0.494 e. The SMILES string of the molecule is C1CC2(C1)COC2.COc1cnc(Cl)cc1-c1cc(C)ncc1C(=O)Nc1n[nH]c(=O)s1. The first-order valence-corrected chi connectivity index (χ1v) is 11.2. The van der Waals surface area contributed by atoms with Crippen molar-refractivity contribution in [1.82, 2.24) is 20.2 Å². The van der Waals surface area contributed by atoms with Gasteiger partial charge in [-0.1, -0.05) is 18.0 Å². The van der Waals surface area contributed by atoms with Gasteiger partial charge in [-0.15, -0.1) is 5.10 Å². The van der Waals surface area contributed by atoms with E-state index in [1.54, 1.807) is 19.1 Å². The molecule has 11 heteroatoms. The highest BCUT2D eigenvalue weighted by atomic mass is 35.5. The van der Waals surface area contributed by atoms with E-state index in [1.165, 1.54) is 38.8 Å². The number of pyridine rings is 2. The lowest BCUT2D eigenvalue weighted by Gasteiger charge is -2.48. The van der Waals surface area contributed by atoms with Gasteiger partial charge in [0, 0.05) is 28.4 Å². The van der Waals surface area contributed by atoms with Crippen LogP contribution in [0.4, 0.5) is 5.13 Å². The third-order valence-electron chi connectivity index (χ3n) is 5.52. The van der Waals surface area contributed by atoms with Crippen LogP contribution in [0.15, 0.2) is 29.3 Å². The summed E-state index contributed by atoms with van der Waals surface area (Å²) in [6.07, 6.45) is 7.25. The molecule has 1 aliphatic heterocycles. The predicted octanol–water partition coefficient (Wildman–Crippen LogP) is 3.70. The van der Waals surface area contributed by atoms with E-state index in [0.29, 0.717) is 22.6 Å². The van der Waals surface area contributed by atoms with E-state index in [1.807, 2.05) is 0 Å². The standard InChI is InChI=1S/C15H12ClN5O3S.C6H10O/c1-7-3-8(9-4-12(16)18-6-11(9)24-2)10(5-17-7)13(22)19-14-20-21-15(23)25-14;1-2-6(3-1)4-7-5-6/h3-6H,1-2H3,(H,21,23)(H,19,20,22);1-5H2. The van der Waals surface area contributed by atoms with E-state index < -0.39 is 5.91 Å². The number of hydrogen-bond acceptors (Lipinski definition) is 8. The number of H-pyrrole nitrogens is 1. The van der Waals surface area contributed by atoms with Crippen LogP contribution in [-0.2, 0) is 4.74 Å². The monoisotopic (exact) mass is 475 g/mol. The van der Waals surface area contributed by atoms with E-state index in [4.69, 9.17) is 21.1 Å². The predicted molar refractivity (Wildman–Crippen MR) is 122 cm³/mol. The molecular formula is C21H22ClN5O4S. The summed E-state index contributed by atoms with van der Waals surface area (Å²) in [5.41, 5.74) is 2.90. The lowest BCUT2D eigenvalue weighted by Crippen LogP contribution is -2.47. The zero-order valence-corrected chi connectivity index (χ0v) is 19.2. The van der Waals surface area contributed by atoms with E-state index in [-0.39, 0.29) is 20.7 Å². The Balaban J connectivity index is 0.000000292. The number of hydrogen-bond donors (Lipinski definition) is 2. The molecule has 2 N–H and O–H groups in total. The molecule has 4 heterocycles. The molecule has 1 saturated carbocycles. The number of aromatic nitrogens is 4. The van der Waals surface area contributed by atoms with Crippen LogP contribution in [0, 0.1) is 12.3 Å². The van der Waals surface area contributed by atoms with Crippen LogP contribution < -0.4 is 14.9 Å². The molecule has 1 amide bonds. The van der Waals surface area contributed by atoms with Crippen LogP contribution in [-0.4, -0.2) is 46.4 Å². The fourth-order valence-corrected chi connectivity index (χ4v) is 4.22. The van der Waals surface area contributed by atoms with Crippen molar-refractivity contribution < 1.29 is 14.3 Å². The highest BCUT2D eigenvalue weighted by molar-refractivity contribution is 7.13. The topological polar surface area (TPSA) is 119 Å². The van der Waals surface area contributed by atoms with Crippen molar-refractivity contribution in [3.05, 3.63) is 50.6 Å². The van der Waals surface area contributed by atoms with Gasteiger partial charge in [0.2, 0.25) is 5.13 Å². The van der Waals surface area contributed by atoms with Crippen molar-refractivity contribution in [3.63, 3.8) is 0 Å². The van der Waals surface area contributed by atoms with Crippen LogP contribution in [0.5, 0.6) is 5.75 Å². The summed E-state index contributed by atoms with van der Waals surface area (Å²) in [6.45, 7) is 3.93. The molecule has 5 rings (SSSR count). The van der Waals surface area contributed by atoms with Crippen molar-refractivity contribution in [2.75, 3.05) is 25.6 Å². The Hall–Kier alpha value is -2.82. The van der Waals surface area contributed by atoms with Gasteiger partial charge in [-0.05, 0) is 43.2 Å². The Kier molecular flexibility index (Phi) is 6.54. The van der Waals surface area contributed by atoms with Crippen molar-refractivity contribution in [2.24, 2.45) is 5.41 Å². The minimum absolute atomic E-state index is 0.168. The van der Waals surface area contributed by atoms with Gasteiger partial charge in [-0.25, -0.2) is 10.1 Å². The van der Waals surface area contributed by atoms with Gasteiger partial charge >= 0.3 is 4.87 Å². The molecule has 3 aromatic heterocycles. The Morgan fingerprint density at radius 3 is 2.56 bits per heavy atom. The maximum absolute atomic E-state index is 12.6. The smallest absolute Gasteiger partial charge is 0.324 e. The number of carbonyl (C=O) groups excluding carboxylic acids is 1. The number of nitrogens with zero attached hydrogens (tertiary/aromatic N) is 3. The summed E-state index contributed by atoms with van der Waals surface area (Å²) in [6, 6.07) is 3.36. The van der Waals surface area contributed by atoms with Crippen LogP contribution >= 0.6 is 22.9 Å². The number of rotatable bonds is 4. The van der Waals surface area contributed by atoms with E-state index >= 15 is 0 Å². The summed E-state index contributed by atoms with van der Waals surface area (Å²) < 4.78 is 10.4. The van der Waals surface area contributed by atoms with Gasteiger partial charge in [0.15, 0.2) is 0 Å². The summed E-state index contributed by atoms with van der Waals surface area (Å²) in [4.78, 5) is 31.6. The summed E-state index contributed by atoms with van der Waals surface area (Å²) in [5, 5.41) is 8.97. The summed E-state index contributed by atoms with van der Waals surface area (Å²) in [7, 11) is 1.50. The number of nitrogens with one attached hydrogen (secondary N) is 2. The molecule has 2 aliphatic rings. The maximum Gasteiger partial charge on any atom is 0.324 e. The Morgan fingerprint density at radius 2 is 2.03 bits per heavy atom. The minimum atomic E-state index is -0.458. The quantitative estimate of drug-likeness (QED) is 0.552. The number of aromatic amines is 1. The molecule has 9 nitrogen and oxygen atoms in total. The molecule has 1 saturated heterocycles. The number of anilines is 1. The lowest BCUT2D eigenvalue weighted by molar-refractivity contribution is -0.155. The molecule has 32 heavy (non-hydrogen) atoms. The number of aryl methyl sites for hydroxylation is 1. The molecule has 0 radical (unpaired) electrons. The summed E-state index contributed by atoms with van der Waals surface area (Å²) in [5.74, 6) is 0.00807. The van der Waals surface area contributed by atoms with Crippen molar-refractivity contribution in [2.45, 2.75) is 26.2 Å². The first-order valence-electron chi connectivity index (χ1n) is 10.0. The van der Waals surface area contributed by atoms with E-state index in [9.17, 15) is 9.59 Å². The van der Waals surface area contributed by atoms with Crippen LogP contribution in [0.2, 0.25) is 5.15 Å². The second-order valence-electron chi connectivity index (χ2n) is 7.80. The number of amides is 1. The van der Waals surface area contributed by atoms with E-state index in [2.05, 4.69) is 25.5 Å². The second kappa shape index (κ2) is 9.35. The normalized spacial score (nSPS) is 15.7. The third-order valence-corrected chi connectivity index (χ3v) is 6.39. The third kappa shape index (κ3) is 4.82. The van der Waals surface area contributed by atoms with E-state index in [0.717, 1.165) is 30.0 Å². The molecule has 3 aromatic rings. The molecule has 0 atom stereocenters. The van der Waals surface area contributed by atoms with Gasteiger partial charge in [-0.2, -0.15) is 0 Å². The molecule has 1 spiro atoms. The molecule has 168 valence electrons. The molecular weight excluding hydrogens is 454 g/mol. The first-order chi connectivity index (χ1) is 15.4. The number of halogens is 1. The Bertz CT molecular complexity index is 1170. The van der Waals surface area contributed by atoms with Gasteiger partial charge in [0.25, 0.3) is 5.91 Å². The van der Waals surface area contributed by atoms with Crippen LogP contribution in [0.1, 0.15) is 35.3 Å². The van der Waals surface area contributed by atoms with Crippen molar-refractivity contribution in [1.29, 1.82) is 0 Å². The van der Waals surface area contributed by atoms with Crippen LogP contribution in [0.3, 0.4) is 0 Å². The number of carbonyl (C=O) groups is 1. The van der Waals surface area contributed by atoms with Crippen molar-refractivity contribution in [3.8, 4) is 16.9 Å². The zero-order chi connectivity index (χ0) is 22.7. The zero-order valence-electron chi connectivity index (χ0n) is 17.6. The second-order valence-corrected chi connectivity index (χ2v) is 9.15. The molecule has 0 aromatic carbocycles. The lowest BCUT2D eigenvalue weighted by atomic mass is 9.67. The number of methoxy groups -OCH3 is 1. The molecule has 0 unspecified atom stereocenters.